The molecule has 1 aromatic carbocycles. The minimum Gasteiger partial charge on any atom is -0.493 e. The van der Waals surface area contributed by atoms with Gasteiger partial charge in [0.1, 0.15) is 11.8 Å². The average Bonchev–Trinajstić information content (AvgIpc) is 2.42. The van der Waals surface area contributed by atoms with Crippen LogP contribution in [0.25, 0.3) is 0 Å². The first-order valence-corrected chi connectivity index (χ1v) is 7.05. The Morgan fingerprint density at radius 3 is 2.48 bits per heavy atom. The van der Waals surface area contributed by atoms with Crippen molar-refractivity contribution in [3.05, 3.63) is 29.3 Å². The van der Waals surface area contributed by atoms with Gasteiger partial charge in [-0.3, -0.25) is 4.79 Å². The van der Waals surface area contributed by atoms with E-state index in [0.29, 0.717) is 6.42 Å². The molecule has 5 nitrogen and oxygen atoms in total. The Bertz CT molecular complexity index is 513. The fourth-order valence-electron chi connectivity index (χ4n) is 2.02. The zero-order valence-corrected chi connectivity index (χ0v) is 13.0. The maximum Gasteiger partial charge on any atom is 0.326 e. The first-order valence-electron chi connectivity index (χ1n) is 7.05. The lowest BCUT2D eigenvalue weighted by molar-refractivity contribution is -0.149. The third-order valence-electron chi connectivity index (χ3n) is 3.60. The summed E-state index contributed by atoms with van der Waals surface area (Å²) in [6.07, 6.45) is 0.544. The van der Waals surface area contributed by atoms with Gasteiger partial charge >= 0.3 is 5.97 Å². The van der Waals surface area contributed by atoms with Gasteiger partial charge in [-0.15, -0.1) is 0 Å². The van der Waals surface area contributed by atoms with Crippen molar-refractivity contribution < 1.29 is 19.4 Å². The largest absolute Gasteiger partial charge is 0.493 e. The Kier molecular flexibility index (Phi) is 6.21. The topological polar surface area (TPSA) is 66.8 Å². The second kappa shape index (κ2) is 7.67. The molecule has 1 rings (SSSR count). The lowest BCUT2D eigenvalue weighted by Gasteiger charge is -2.23. The Balaban J connectivity index is 2.49. The first-order chi connectivity index (χ1) is 9.86. The van der Waals surface area contributed by atoms with Crippen molar-refractivity contribution in [1.29, 1.82) is 0 Å². The van der Waals surface area contributed by atoms with Crippen LogP contribution in [0, 0.1) is 13.8 Å². The molecule has 1 aromatic rings. The van der Waals surface area contributed by atoms with E-state index in [1.165, 1.54) is 17.5 Å². The van der Waals surface area contributed by atoms with Crippen LogP contribution in [-0.4, -0.2) is 41.6 Å². The number of aryl methyl sites for hydroxylation is 2. The predicted octanol–water partition coefficient (Wildman–Crippen LogP) is 2.39. The number of carbonyl (C=O) groups excluding carboxylic acids is 1. The fraction of sp³-hybridized carbons (Fsp3) is 0.500. The molecule has 0 radical (unpaired) electrons. The van der Waals surface area contributed by atoms with Crippen LogP contribution in [0.5, 0.6) is 5.75 Å². The fourth-order valence-corrected chi connectivity index (χ4v) is 2.02. The van der Waals surface area contributed by atoms with Crippen molar-refractivity contribution in [2.75, 3.05) is 13.7 Å². The minimum absolute atomic E-state index is 0.160. The molecule has 0 aliphatic carbocycles. The molecule has 1 N–H and O–H groups in total. The molecule has 1 amide bonds. The highest BCUT2D eigenvalue weighted by Gasteiger charge is 2.24. The molecule has 0 aliphatic rings. The normalized spacial score (nSPS) is 11.8. The van der Waals surface area contributed by atoms with Gasteiger partial charge in [0.25, 0.3) is 0 Å². The Morgan fingerprint density at radius 2 is 1.95 bits per heavy atom. The Labute approximate surface area is 125 Å². The predicted molar refractivity (Wildman–Crippen MR) is 80.5 cm³/mol. The highest BCUT2D eigenvalue weighted by atomic mass is 16.5. The maximum absolute atomic E-state index is 11.9. The number of carbonyl (C=O) groups is 2. The minimum atomic E-state index is -0.983. The highest BCUT2D eigenvalue weighted by molar-refractivity contribution is 5.83. The molecule has 0 spiro atoms. The van der Waals surface area contributed by atoms with E-state index in [0.717, 1.165) is 11.3 Å². The van der Waals surface area contributed by atoms with Gasteiger partial charge < -0.3 is 14.7 Å². The third kappa shape index (κ3) is 4.77. The van der Waals surface area contributed by atoms with Crippen LogP contribution in [0.1, 0.15) is 30.9 Å². The number of hydrogen-bond acceptors (Lipinski definition) is 3. The molecule has 5 heteroatoms. The molecule has 0 bridgehead atoms. The average molecular weight is 293 g/mol. The quantitative estimate of drug-likeness (QED) is 0.838. The number of hydrogen-bond donors (Lipinski definition) is 1. The number of ether oxygens (including phenoxy) is 1. The van der Waals surface area contributed by atoms with Gasteiger partial charge in [-0.2, -0.15) is 0 Å². The number of carboxylic acid groups (broad SMARTS) is 1. The van der Waals surface area contributed by atoms with Gasteiger partial charge in [0, 0.05) is 7.05 Å². The van der Waals surface area contributed by atoms with Crippen molar-refractivity contribution in [2.24, 2.45) is 0 Å². The molecular formula is C16H23NO4. The van der Waals surface area contributed by atoms with Gasteiger partial charge in [0.2, 0.25) is 5.91 Å². The summed E-state index contributed by atoms with van der Waals surface area (Å²) >= 11 is 0. The summed E-state index contributed by atoms with van der Waals surface area (Å²) in [5.41, 5.74) is 2.32. The maximum atomic E-state index is 11.9. The summed E-state index contributed by atoms with van der Waals surface area (Å²) in [5, 5.41) is 9.03. The molecule has 116 valence electrons. The van der Waals surface area contributed by atoms with E-state index in [1.54, 1.807) is 6.92 Å². The monoisotopic (exact) mass is 293 g/mol. The van der Waals surface area contributed by atoms with Gasteiger partial charge in [0.15, 0.2) is 0 Å². The van der Waals surface area contributed by atoms with Gasteiger partial charge in [-0.25, -0.2) is 4.79 Å². The molecule has 0 saturated heterocycles. The number of aliphatic carboxylic acids is 1. The Hall–Kier alpha value is -2.04. The molecule has 1 unspecified atom stereocenters. The van der Waals surface area contributed by atoms with E-state index >= 15 is 0 Å². The van der Waals surface area contributed by atoms with E-state index in [-0.39, 0.29) is 18.9 Å². The van der Waals surface area contributed by atoms with Gasteiger partial charge in [0.05, 0.1) is 13.0 Å². The smallest absolute Gasteiger partial charge is 0.326 e. The van der Waals surface area contributed by atoms with E-state index in [2.05, 4.69) is 0 Å². The SMILES string of the molecule is CCC(C(=O)O)N(C)C(=O)CCOc1ccc(C)c(C)c1. The molecular weight excluding hydrogens is 270 g/mol. The molecule has 0 fully saturated rings. The van der Waals surface area contributed by atoms with Crippen LogP contribution in [0.15, 0.2) is 18.2 Å². The Morgan fingerprint density at radius 1 is 1.29 bits per heavy atom. The van der Waals surface area contributed by atoms with Crippen molar-refractivity contribution in [1.82, 2.24) is 4.90 Å². The molecule has 21 heavy (non-hydrogen) atoms. The molecule has 0 heterocycles. The first kappa shape index (κ1) is 17.0. The zero-order valence-electron chi connectivity index (χ0n) is 13.0. The van der Waals surface area contributed by atoms with Crippen LogP contribution in [0.4, 0.5) is 0 Å². The van der Waals surface area contributed by atoms with Crippen molar-refractivity contribution in [3.8, 4) is 5.75 Å². The molecule has 1 atom stereocenters. The van der Waals surface area contributed by atoms with Crippen molar-refractivity contribution >= 4 is 11.9 Å². The highest BCUT2D eigenvalue weighted by Crippen LogP contribution is 2.16. The summed E-state index contributed by atoms with van der Waals surface area (Å²) in [6.45, 7) is 6.00. The standard InChI is InChI=1S/C16H23NO4/c1-5-14(16(19)20)17(4)15(18)8-9-21-13-7-6-11(2)12(3)10-13/h6-7,10,14H,5,8-9H2,1-4H3,(H,19,20). The zero-order chi connectivity index (χ0) is 16.0. The van der Waals surface area contributed by atoms with Crippen LogP contribution < -0.4 is 4.74 Å². The van der Waals surface area contributed by atoms with E-state index in [1.807, 2.05) is 32.0 Å². The number of rotatable bonds is 7. The summed E-state index contributed by atoms with van der Waals surface area (Å²) in [7, 11) is 1.51. The molecule has 0 aliphatic heterocycles. The van der Waals surface area contributed by atoms with Crippen LogP contribution >= 0.6 is 0 Å². The molecule has 0 aromatic heterocycles. The summed E-state index contributed by atoms with van der Waals surface area (Å²) in [5.74, 6) is -0.490. The van der Waals surface area contributed by atoms with Crippen molar-refractivity contribution in [2.45, 2.75) is 39.7 Å². The van der Waals surface area contributed by atoms with Crippen LogP contribution in [0.2, 0.25) is 0 Å². The number of likely N-dealkylation sites (N-methyl/N-ethyl adjacent to an activating group) is 1. The van der Waals surface area contributed by atoms with Crippen LogP contribution in [0.3, 0.4) is 0 Å². The van der Waals surface area contributed by atoms with E-state index in [4.69, 9.17) is 9.84 Å². The van der Waals surface area contributed by atoms with Gasteiger partial charge in [-0.1, -0.05) is 13.0 Å². The molecule has 0 saturated carbocycles. The second-order valence-electron chi connectivity index (χ2n) is 5.11. The van der Waals surface area contributed by atoms with E-state index < -0.39 is 12.0 Å². The van der Waals surface area contributed by atoms with Crippen LogP contribution in [-0.2, 0) is 9.59 Å². The lowest BCUT2D eigenvalue weighted by Crippen LogP contribution is -2.42. The lowest BCUT2D eigenvalue weighted by atomic mass is 10.1. The number of benzene rings is 1. The van der Waals surface area contributed by atoms with Crippen molar-refractivity contribution in [3.63, 3.8) is 0 Å². The number of carboxylic acids is 1. The number of nitrogens with zero attached hydrogens (tertiary/aromatic N) is 1. The second-order valence-corrected chi connectivity index (χ2v) is 5.11. The summed E-state index contributed by atoms with van der Waals surface area (Å²) in [6, 6.07) is 4.98. The van der Waals surface area contributed by atoms with E-state index in [9.17, 15) is 9.59 Å². The summed E-state index contributed by atoms with van der Waals surface area (Å²) < 4.78 is 5.54. The summed E-state index contributed by atoms with van der Waals surface area (Å²) in [4.78, 5) is 24.2. The van der Waals surface area contributed by atoms with Gasteiger partial charge in [-0.05, 0) is 43.5 Å². The number of amides is 1. The third-order valence-corrected chi connectivity index (χ3v) is 3.60.